The van der Waals surface area contributed by atoms with Crippen molar-refractivity contribution in [2.24, 2.45) is 0 Å². The zero-order chi connectivity index (χ0) is 21.6. The second kappa shape index (κ2) is 7.43. The highest BCUT2D eigenvalue weighted by Gasteiger charge is 2.53. The van der Waals surface area contributed by atoms with Gasteiger partial charge in [0.15, 0.2) is 0 Å². The monoisotopic (exact) mass is 422 g/mol. The van der Waals surface area contributed by atoms with Crippen molar-refractivity contribution in [2.45, 2.75) is 57.6 Å². The first-order valence-electron chi connectivity index (χ1n) is 9.31. The fourth-order valence-corrected chi connectivity index (χ4v) is 4.57. The molecule has 0 N–H and O–H groups in total. The van der Waals surface area contributed by atoms with Gasteiger partial charge in [-0.2, -0.15) is 0 Å². The van der Waals surface area contributed by atoms with Crippen LogP contribution in [0.4, 0.5) is 5.88 Å². The SMILES string of the molecule is COCN(c1onc(C)c1C)S(=O)(=O)c1ccccc1B1OC(C)(C)C(C)(C)O1. The van der Waals surface area contributed by atoms with E-state index in [2.05, 4.69) is 5.16 Å². The molecule has 1 fully saturated rings. The molecule has 158 valence electrons. The van der Waals surface area contributed by atoms with Gasteiger partial charge in [0.1, 0.15) is 6.73 Å². The molecular weight excluding hydrogens is 395 g/mol. The minimum Gasteiger partial charge on any atom is -0.399 e. The highest BCUT2D eigenvalue weighted by Crippen LogP contribution is 2.37. The molecular formula is C19H27BN2O6S. The Labute approximate surface area is 172 Å². The third-order valence-corrected chi connectivity index (χ3v) is 7.38. The van der Waals surface area contributed by atoms with E-state index >= 15 is 0 Å². The van der Waals surface area contributed by atoms with Gasteiger partial charge < -0.3 is 18.6 Å². The molecule has 1 aliphatic heterocycles. The minimum atomic E-state index is -4.05. The molecule has 2 aromatic rings. The summed E-state index contributed by atoms with van der Waals surface area (Å²) < 4.78 is 51.0. The van der Waals surface area contributed by atoms with Crippen LogP contribution in [0.25, 0.3) is 0 Å². The predicted octanol–water partition coefficient (Wildman–Crippen LogP) is 2.39. The summed E-state index contributed by atoms with van der Waals surface area (Å²) in [6.07, 6.45) is 0. The number of aryl methyl sites for hydroxylation is 1. The van der Waals surface area contributed by atoms with Gasteiger partial charge >= 0.3 is 7.12 Å². The van der Waals surface area contributed by atoms with Gasteiger partial charge in [0.2, 0.25) is 5.88 Å². The molecule has 2 heterocycles. The summed E-state index contributed by atoms with van der Waals surface area (Å²) in [7, 11) is -3.46. The van der Waals surface area contributed by atoms with Crippen molar-refractivity contribution >= 4 is 28.5 Å². The van der Waals surface area contributed by atoms with E-state index in [1.807, 2.05) is 27.7 Å². The maximum atomic E-state index is 13.6. The standard InChI is InChI=1S/C19H27BN2O6S/c1-13-14(2)21-26-17(13)22(12-25-7)29(23,24)16-11-9-8-10-15(16)20-27-18(3,4)19(5,6)28-20/h8-11H,12H2,1-7H3. The first kappa shape index (κ1) is 21.8. The molecule has 0 spiro atoms. The van der Waals surface area contributed by atoms with Crippen LogP contribution in [0, 0.1) is 13.8 Å². The topological polar surface area (TPSA) is 91.1 Å². The maximum absolute atomic E-state index is 13.6. The number of anilines is 1. The highest BCUT2D eigenvalue weighted by molar-refractivity contribution is 7.93. The van der Waals surface area contributed by atoms with Crippen molar-refractivity contribution in [1.82, 2.24) is 5.16 Å². The number of benzene rings is 1. The lowest BCUT2D eigenvalue weighted by atomic mass is 9.79. The van der Waals surface area contributed by atoms with Crippen molar-refractivity contribution in [3.63, 3.8) is 0 Å². The number of hydrogen-bond acceptors (Lipinski definition) is 7. The highest BCUT2D eigenvalue weighted by atomic mass is 32.2. The summed E-state index contributed by atoms with van der Waals surface area (Å²) in [5, 5.41) is 3.88. The van der Waals surface area contributed by atoms with E-state index < -0.39 is 28.3 Å². The van der Waals surface area contributed by atoms with E-state index in [1.54, 1.807) is 32.0 Å². The zero-order valence-electron chi connectivity index (χ0n) is 17.8. The zero-order valence-corrected chi connectivity index (χ0v) is 18.7. The Kier molecular flexibility index (Phi) is 5.59. The lowest BCUT2D eigenvalue weighted by molar-refractivity contribution is 0.00578. The maximum Gasteiger partial charge on any atom is 0.496 e. The summed E-state index contributed by atoms with van der Waals surface area (Å²) in [4.78, 5) is 0.0593. The first-order valence-corrected chi connectivity index (χ1v) is 10.8. The van der Waals surface area contributed by atoms with Gasteiger partial charge in [0.05, 0.1) is 21.8 Å². The van der Waals surface area contributed by atoms with Crippen LogP contribution in [-0.2, 0) is 24.1 Å². The molecule has 0 amide bonds. The Balaban J connectivity index is 2.09. The summed E-state index contributed by atoms with van der Waals surface area (Å²) in [5.41, 5.74) is 0.453. The fourth-order valence-electron chi connectivity index (χ4n) is 2.99. The molecule has 0 radical (unpaired) electrons. The number of methoxy groups -OCH3 is 1. The van der Waals surface area contributed by atoms with Crippen molar-refractivity contribution in [3.8, 4) is 0 Å². The van der Waals surface area contributed by atoms with E-state index in [-0.39, 0.29) is 17.5 Å². The van der Waals surface area contributed by atoms with Gasteiger partial charge in [-0.15, -0.1) is 0 Å². The lowest BCUT2D eigenvalue weighted by Crippen LogP contribution is -2.42. The molecule has 1 saturated heterocycles. The van der Waals surface area contributed by atoms with Gasteiger partial charge in [0.25, 0.3) is 10.0 Å². The molecule has 0 aliphatic carbocycles. The number of hydrogen-bond donors (Lipinski definition) is 0. The van der Waals surface area contributed by atoms with Crippen molar-refractivity contribution in [1.29, 1.82) is 0 Å². The second-order valence-corrected chi connectivity index (χ2v) is 9.93. The van der Waals surface area contributed by atoms with Crippen LogP contribution >= 0.6 is 0 Å². The molecule has 1 aromatic heterocycles. The summed E-state index contributed by atoms with van der Waals surface area (Å²) in [5.74, 6) is 0.119. The Morgan fingerprint density at radius 1 is 1.10 bits per heavy atom. The van der Waals surface area contributed by atoms with Crippen molar-refractivity contribution < 1.29 is 27.0 Å². The Morgan fingerprint density at radius 3 is 2.21 bits per heavy atom. The third kappa shape index (κ3) is 3.70. The molecule has 3 rings (SSSR count). The van der Waals surface area contributed by atoms with E-state index in [1.165, 1.54) is 13.2 Å². The summed E-state index contributed by atoms with van der Waals surface area (Å²) in [6, 6.07) is 6.63. The second-order valence-electron chi connectivity index (χ2n) is 8.10. The van der Waals surface area contributed by atoms with E-state index in [9.17, 15) is 8.42 Å². The van der Waals surface area contributed by atoms with Gasteiger partial charge in [-0.05, 0) is 47.6 Å². The Morgan fingerprint density at radius 2 is 1.69 bits per heavy atom. The van der Waals surface area contributed by atoms with Gasteiger partial charge in [-0.3, -0.25) is 0 Å². The number of sulfonamides is 1. The lowest BCUT2D eigenvalue weighted by Gasteiger charge is -2.32. The molecule has 29 heavy (non-hydrogen) atoms. The van der Waals surface area contributed by atoms with Crippen molar-refractivity contribution in [2.75, 3.05) is 18.1 Å². The largest absolute Gasteiger partial charge is 0.496 e. The van der Waals surface area contributed by atoms with Crippen LogP contribution in [0.1, 0.15) is 39.0 Å². The number of aromatic nitrogens is 1. The van der Waals surface area contributed by atoms with Crippen LogP contribution in [0.15, 0.2) is 33.7 Å². The van der Waals surface area contributed by atoms with Gasteiger partial charge in [-0.25, -0.2) is 12.7 Å². The van der Waals surface area contributed by atoms with Crippen molar-refractivity contribution in [3.05, 3.63) is 35.5 Å². The van der Waals surface area contributed by atoms with Crippen LogP contribution in [0.2, 0.25) is 0 Å². The number of nitrogens with zero attached hydrogens (tertiary/aromatic N) is 2. The Hall–Kier alpha value is -1.88. The smallest absolute Gasteiger partial charge is 0.399 e. The minimum absolute atomic E-state index is 0.0593. The third-order valence-electron chi connectivity index (χ3n) is 5.60. The average molecular weight is 422 g/mol. The summed E-state index contributed by atoms with van der Waals surface area (Å²) >= 11 is 0. The number of ether oxygens (including phenoxy) is 1. The van der Waals surface area contributed by atoms with Crippen LogP contribution < -0.4 is 9.77 Å². The predicted molar refractivity (Wildman–Crippen MR) is 110 cm³/mol. The Bertz CT molecular complexity index is 986. The summed E-state index contributed by atoms with van der Waals surface area (Å²) in [6.45, 7) is 10.9. The quantitative estimate of drug-likeness (QED) is 0.522. The molecule has 1 aromatic carbocycles. The van der Waals surface area contributed by atoms with Crippen LogP contribution in [0.5, 0.6) is 0 Å². The molecule has 0 atom stereocenters. The molecule has 0 unspecified atom stereocenters. The molecule has 0 saturated carbocycles. The molecule has 10 heteroatoms. The van der Waals surface area contributed by atoms with E-state index in [0.29, 0.717) is 16.7 Å². The first-order chi connectivity index (χ1) is 13.4. The van der Waals surface area contributed by atoms with E-state index in [0.717, 1.165) is 4.31 Å². The van der Waals surface area contributed by atoms with Crippen LogP contribution in [-0.4, -0.2) is 45.7 Å². The van der Waals surface area contributed by atoms with Gasteiger partial charge in [-0.1, -0.05) is 23.4 Å². The van der Waals surface area contributed by atoms with E-state index in [4.69, 9.17) is 18.6 Å². The normalized spacial score (nSPS) is 18.2. The molecule has 0 bridgehead atoms. The van der Waals surface area contributed by atoms with Gasteiger partial charge in [0, 0.05) is 18.1 Å². The average Bonchev–Trinajstić information content (AvgIpc) is 3.08. The molecule has 1 aliphatic rings. The fraction of sp³-hybridized carbons (Fsp3) is 0.526. The molecule has 8 nitrogen and oxygen atoms in total. The number of rotatable bonds is 6. The van der Waals surface area contributed by atoms with Crippen LogP contribution in [0.3, 0.4) is 0 Å².